The lowest BCUT2D eigenvalue weighted by Gasteiger charge is -1.94. The van der Waals surface area contributed by atoms with E-state index in [-0.39, 0.29) is 5.56 Å². The van der Waals surface area contributed by atoms with Crippen LogP contribution in [0.1, 0.15) is 10.4 Å². The molecule has 0 saturated carbocycles. The van der Waals surface area contributed by atoms with Crippen molar-refractivity contribution in [2.45, 2.75) is 0 Å². The van der Waals surface area contributed by atoms with Crippen LogP contribution < -0.4 is 0 Å². The van der Waals surface area contributed by atoms with Crippen LogP contribution in [0.25, 0.3) is 21.9 Å². The Bertz CT molecular complexity index is 743. The number of fused-ring (bicyclic) bond motifs is 3. The topological polar surface area (TPSA) is 50.4 Å². The molecular formula is C13H7ClO3. The summed E-state index contributed by atoms with van der Waals surface area (Å²) in [5.41, 5.74) is 1.19. The van der Waals surface area contributed by atoms with Crippen molar-refractivity contribution in [1.29, 1.82) is 0 Å². The summed E-state index contributed by atoms with van der Waals surface area (Å²) in [4.78, 5) is 11.1. The van der Waals surface area contributed by atoms with Crippen molar-refractivity contribution in [1.82, 2.24) is 0 Å². The van der Waals surface area contributed by atoms with Crippen LogP contribution in [0, 0.1) is 0 Å². The predicted octanol–water partition coefficient (Wildman–Crippen LogP) is 3.94. The van der Waals surface area contributed by atoms with Gasteiger partial charge in [-0.15, -0.1) is 0 Å². The Morgan fingerprint density at radius 2 is 2.00 bits per heavy atom. The van der Waals surface area contributed by atoms with Gasteiger partial charge in [0, 0.05) is 15.8 Å². The molecule has 0 spiro atoms. The Hall–Kier alpha value is -2.00. The zero-order valence-corrected chi connectivity index (χ0v) is 9.36. The Kier molecular flexibility index (Phi) is 2.09. The Morgan fingerprint density at radius 3 is 2.76 bits per heavy atom. The van der Waals surface area contributed by atoms with Gasteiger partial charge in [-0.05, 0) is 24.3 Å². The molecule has 0 radical (unpaired) electrons. The van der Waals surface area contributed by atoms with E-state index < -0.39 is 5.97 Å². The Balaban J connectivity index is 2.51. The summed E-state index contributed by atoms with van der Waals surface area (Å²) in [6.07, 6.45) is 0. The van der Waals surface area contributed by atoms with E-state index in [2.05, 4.69) is 0 Å². The van der Waals surface area contributed by atoms with Gasteiger partial charge in [-0.2, -0.15) is 0 Å². The summed E-state index contributed by atoms with van der Waals surface area (Å²) in [5, 5.41) is 11.3. The second kappa shape index (κ2) is 3.50. The van der Waals surface area contributed by atoms with Gasteiger partial charge in [0.05, 0.1) is 0 Å². The lowest BCUT2D eigenvalue weighted by atomic mass is 10.1. The summed E-state index contributed by atoms with van der Waals surface area (Å²) < 4.78 is 5.56. The molecule has 4 heteroatoms. The maximum absolute atomic E-state index is 11.1. The number of aromatic carboxylic acids is 1. The Labute approximate surface area is 101 Å². The molecule has 0 fully saturated rings. The molecule has 84 valence electrons. The molecular weight excluding hydrogens is 240 g/mol. The number of hydrogen-bond donors (Lipinski definition) is 1. The number of carbonyl (C=O) groups is 1. The number of para-hydroxylation sites is 1. The third-order valence-corrected chi connectivity index (χ3v) is 2.92. The van der Waals surface area contributed by atoms with Crippen molar-refractivity contribution >= 4 is 39.5 Å². The minimum atomic E-state index is -0.999. The van der Waals surface area contributed by atoms with Crippen molar-refractivity contribution in [3.8, 4) is 0 Å². The first-order chi connectivity index (χ1) is 8.16. The SMILES string of the molecule is O=C(O)c1cccc2c1oc1ccc(Cl)cc12. The minimum absolute atomic E-state index is 0.162. The molecule has 2 aromatic carbocycles. The fourth-order valence-corrected chi connectivity index (χ4v) is 2.11. The zero-order chi connectivity index (χ0) is 12.0. The monoisotopic (exact) mass is 246 g/mol. The fraction of sp³-hybridized carbons (Fsp3) is 0. The molecule has 0 aliphatic heterocycles. The molecule has 0 unspecified atom stereocenters. The van der Waals surface area contributed by atoms with E-state index in [1.807, 2.05) is 6.07 Å². The highest BCUT2D eigenvalue weighted by Gasteiger charge is 2.14. The average molecular weight is 247 g/mol. The number of carboxylic acid groups (broad SMARTS) is 1. The number of rotatable bonds is 1. The van der Waals surface area contributed by atoms with Crippen LogP contribution >= 0.6 is 11.6 Å². The van der Waals surface area contributed by atoms with E-state index >= 15 is 0 Å². The van der Waals surface area contributed by atoms with Crippen LogP contribution in [0.2, 0.25) is 5.02 Å². The molecule has 0 saturated heterocycles. The molecule has 0 aliphatic rings. The van der Waals surface area contributed by atoms with Gasteiger partial charge < -0.3 is 9.52 Å². The summed E-state index contributed by atoms with van der Waals surface area (Å²) in [5.74, 6) is -0.999. The normalized spacial score (nSPS) is 11.1. The molecule has 3 aromatic rings. The fourth-order valence-electron chi connectivity index (χ4n) is 1.94. The first-order valence-corrected chi connectivity index (χ1v) is 5.38. The van der Waals surface area contributed by atoms with Crippen LogP contribution in [0.5, 0.6) is 0 Å². The summed E-state index contributed by atoms with van der Waals surface area (Å²) in [6.45, 7) is 0. The lowest BCUT2D eigenvalue weighted by molar-refractivity contribution is 0.0698. The van der Waals surface area contributed by atoms with E-state index in [1.54, 1.807) is 24.3 Å². The predicted molar refractivity (Wildman–Crippen MR) is 65.7 cm³/mol. The molecule has 0 aliphatic carbocycles. The molecule has 1 N–H and O–H groups in total. The van der Waals surface area contributed by atoms with Gasteiger partial charge in [0.15, 0.2) is 0 Å². The molecule has 17 heavy (non-hydrogen) atoms. The van der Waals surface area contributed by atoms with Gasteiger partial charge in [0.1, 0.15) is 16.7 Å². The zero-order valence-electron chi connectivity index (χ0n) is 8.61. The highest BCUT2D eigenvalue weighted by molar-refractivity contribution is 6.31. The molecule has 1 aromatic heterocycles. The minimum Gasteiger partial charge on any atom is -0.478 e. The molecule has 3 nitrogen and oxygen atoms in total. The summed E-state index contributed by atoms with van der Waals surface area (Å²) in [7, 11) is 0. The van der Waals surface area contributed by atoms with Crippen LogP contribution in [-0.4, -0.2) is 11.1 Å². The van der Waals surface area contributed by atoms with Crippen LogP contribution in [0.4, 0.5) is 0 Å². The molecule has 3 rings (SSSR count). The van der Waals surface area contributed by atoms with Gasteiger partial charge >= 0.3 is 5.97 Å². The third-order valence-electron chi connectivity index (χ3n) is 2.69. The largest absolute Gasteiger partial charge is 0.478 e. The van der Waals surface area contributed by atoms with Gasteiger partial charge in [-0.3, -0.25) is 0 Å². The number of carboxylic acids is 1. The highest BCUT2D eigenvalue weighted by Crippen LogP contribution is 2.32. The van der Waals surface area contributed by atoms with Crippen LogP contribution in [0.15, 0.2) is 40.8 Å². The van der Waals surface area contributed by atoms with Gasteiger partial charge in [-0.1, -0.05) is 23.7 Å². The van der Waals surface area contributed by atoms with Crippen molar-refractivity contribution in [2.24, 2.45) is 0 Å². The van der Waals surface area contributed by atoms with Crippen molar-refractivity contribution in [3.63, 3.8) is 0 Å². The van der Waals surface area contributed by atoms with E-state index in [4.69, 9.17) is 21.1 Å². The quantitative estimate of drug-likeness (QED) is 0.708. The molecule has 0 atom stereocenters. The van der Waals surface area contributed by atoms with Crippen LogP contribution in [0.3, 0.4) is 0 Å². The maximum Gasteiger partial charge on any atom is 0.339 e. The van der Waals surface area contributed by atoms with Gasteiger partial charge in [0.2, 0.25) is 0 Å². The van der Waals surface area contributed by atoms with E-state index in [0.29, 0.717) is 16.2 Å². The van der Waals surface area contributed by atoms with Gasteiger partial charge in [-0.25, -0.2) is 4.79 Å². The second-order valence-corrected chi connectivity index (χ2v) is 4.17. The molecule has 0 bridgehead atoms. The number of halogens is 1. The molecule has 0 amide bonds. The number of hydrogen-bond acceptors (Lipinski definition) is 2. The highest BCUT2D eigenvalue weighted by atomic mass is 35.5. The number of benzene rings is 2. The molecule has 1 heterocycles. The second-order valence-electron chi connectivity index (χ2n) is 3.73. The maximum atomic E-state index is 11.1. The van der Waals surface area contributed by atoms with Crippen molar-refractivity contribution < 1.29 is 14.3 Å². The average Bonchev–Trinajstić information content (AvgIpc) is 2.66. The van der Waals surface area contributed by atoms with E-state index in [9.17, 15) is 4.79 Å². The van der Waals surface area contributed by atoms with Crippen LogP contribution in [-0.2, 0) is 0 Å². The third kappa shape index (κ3) is 1.47. The van der Waals surface area contributed by atoms with Crippen molar-refractivity contribution in [2.75, 3.05) is 0 Å². The van der Waals surface area contributed by atoms with Crippen molar-refractivity contribution in [3.05, 3.63) is 47.0 Å². The number of furan rings is 1. The first kappa shape index (κ1) is 10.2. The van der Waals surface area contributed by atoms with E-state index in [0.717, 1.165) is 10.8 Å². The summed E-state index contributed by atoms with van der Waals surface area (Å²) >= 11 is 5.92. The standard InChI is InChI=1S/C13H7ClO3/c14-7-4-5-11-10(6-7)8-2-1-3-9(13(15)16)12(8)17-11/h1-6H,(H,15,16). The van der Waals surface area contributed by atoms with E-state index in [1.165, 1.54) is 6.07 Å². The lowest BCUT2D eigenvalue weighted by Crippen LogP contribution is -1.95. The van der Waals surface area contributed by atoms with Gasteiger partial charge in [0.25, 0.3) is 0 Å². The first-order valence-electron chi connectivity index (χ1n) is 5.01. The Morgan fingerprint density at radius 1 is 1.18 bits per heavy atom. The smallest absolute Gasteiger partial charge is 0.339 e. The summed E-state index contributed by atoms with van der Waals surface area (Å²) in [6, 6.07) is 10.3.